The van der Waals surface area contributed by atoms with Crippen molar-refractivity contribution in [2.45, 2.75) is 40.7 Å². The predicted molar refractivity (Wildman–Crippen MR) is 272 cm³/mol. The highest BCUT2D eigenvalue weighted by atomic mass is 15.2. The van der Waals surface area contributed by atoms with Crippen LogP contribution in [0.15, 0.2) is 237 Å². The van der Waals surface area contributed by atoms with E-state index in [1.54, 1.807) is 0 Å². The average molecular weight is 821 g/mol. The topological polar surface area (TPSA) is 13.0 Å². The molecule has 0 amide bonds. The quantitative estimate of drug-likeness (QED) is 0.101. The summed E-state index contributed by atoms with van der Waals surface area (Å²) in [6.07, 6.45) is 17.0. The molecule has 1 unspecified atom stereocenters. The standard InChI is InChI=1S/C59H56N4/c1-7-9-22-48(8-2)60(56-25-15-18-44(3)41-56)50-29-31-51(32-30-50)61(52-33-35-54(36-34-52)62(49-23-11-10-12-24-49)57-26-16-19-45(4)42-57)53-37-39-55(40-38-53)63(58-27-17-20-46(5)43-58)59-28-14-13-21-47(59)6/h7-43,47,59H,1H2,2-6H3/b22-9-,48-8+/t47?,59-/m0/s1. The molecule has 2 atom stereocenters. The molecule has 0 saturated carbocycles. The Morgan fingerprint density at radius 3 is 1.41 bits per heavy atom. The van der Waals surface area contributed by atoms with E-state index < -0.39 is 0 Å². The largest absolute Gasteiger partial charge is 0.334 e. The van der Waals surface area contributed by atoms with E-state index >= 15 is 0 Å². The lowest BCUT2D eigenvalue weighted by Crippen LogP contribution is -2.35. The molecule has 1 aliphatic carbocycles. The molecular weight excluding hydrogens is 765 g/mol. The van der Waals surface area contributed by atoms with Crippen LogP contribution in [0, 0.1) is 26.7 Å². The van der Waals surface area contributed by atoms with Crippen molar-refractivity contribution in [1.29, 1.82) is 0 Å². The number of anilines is 10. The van der Waals surface area contributed by atoms with Crippen LogP contribution in [0.25, 0.3) is 0 Å². The van der Waals surface area contributed by atoms with E-state index in [9.17, 15) is 0 Å². The predicted octanol–water partition coefficient (Wildman–Crippen LogP) is 16.6. The molecule has 0 heterocycles. The van der Waals surface area contributed by atoms with E-state index in [2.05, 4.69) is 273 Å². The summed E-state index contributed by atoms with van der Waals surface area (Å²) < 4.78 is 0. The fourth-order valence-corrected chi connectivity index (χ4v) is 8.48. The molecule has 0 fully saturated rings. The van der Waals surface area contributed by atoms with Gasteiger partial charge in [-0.05, 0) is 178 Å². The van der Waals surface area contributed by atoms with Gasteiger partial charge in [-0.2, -0.15) is 0 Å². The Morgan fingerprint density at radius 1 is 0.460 bits per heavy atom. The first-order valence-electron chi connectivity index (χ1n) is 21.9. The van der Waals surface area contributed by atoms with Crippen LogP contribution in [0.1, 0.15) is 30.5 Å². The Bertz CT molecular complexity index is 2760. The van der Waals surface area contributed by atoms with Gasteiger partial charge in [0, 0.05) is 62.6 Å². The summed E-state index contributed by atoms with van der Waals surface area (Å²) in [5.41, 5.74) is 15.7. The fourth-order valence-electron chi connectivity index (χ4n) is 8.48. The van der Waals surface area contributed by atoms with Crippen molar-refractivity contribution in [3.8, 4) is 0 Å². The van der Waals surface area contributed by atoms with Crippen molar-refractivity contribution in [3.05, 3.63) is 253 Å². The number of rotatable bonds is 14. The van der Waals surface area contributed by atoms with E-state index in [0.29, 0.717) is 5.92 Å². The van der Waals surface area contributed by atoms with Crippen LogP contribution in [0.5, 0.6) is 0 Å². The zero-order chi connectivity index (χ0) is 43.7. The number of hydrogen-bond donors (Lipinski definition) is 0. The maximum atomic E-state index is 3.94. The molecule has 0 radical (unpaired) electrons. The molecule has 0 spiro atoms. The third-order valence-electron chi connectivity index (χ3n) is 11.6. The van der Waals surface area contributed by atoms with Gasteiger partial charge in [0.1, 0.15) is 0 Å². The van der Waals surface area contributed by atoms with Crippen LogP contribution in [-0.2, 0) is 0 Å². The highest BCUT2D eigenvalue weighted by Gasteiger charge is 2.25. The lowest BCUT2D eigenvalue weighted by Gasteiger charge is -2.36. The molecule has 4 nitrogen and oxygen atoms in total. The normalized spacial score (nSPS) is 14.7. The molecule has 8 rings (SSSR count). The molecule has 0 N–H and O–H groups in total. The lowest BCUT2D eigenvalue weighted by molar-refractivity contribution is 0.609. The molecule has 1 aliphatic rings. The smallest absolute Gasteiger partial charge is 0.0585 e. The lowest BCUT2D eigenvalue weighted by atomic mass is 9.94. The average Bonchev–Trinajstić information content (AvgIpc) is 3.30. The highest BCUT2D eigenvalue weighted by molar-refractivity contribution is 5.83. The molecule has 63 heavy (non-hydrogen) atoms. The van der Waals surface area contributed by atoms with Gasteiger partial charge in [0.25, 0.3) is 0 Å². The Morgan fingerprint density at radius 2 is 0.889 bits per heavy atom. The second kappa shape index (κ2) is 19.4. The summed E-state index contributed by atoms with van der Waals surface area (Å²) in [7, 11) is 0. The minimum atomic E-state index is 0.180. The van der Waals surface area contributed by atoms with Gasteiger partial charge in [0.15, 0.2) is 0 Å². The van der Waals surface area contributed by atoms with Gasteiger partial charge in [0.2, 0.25) is 0 Å². The van der Waals surface area contributed by atoms with Gasteiger partial charge in [-0.15, -0.1) is 0 Å². The molecule has 0 aliphatic heterocycles. The van der Waals surface area contributed by atoms with Crippen molar-refractivity contribution < 1.29 is 0 Å². The van der Waals surface area contributed by atoms with E-state index in [4.69, 9.17) is 0 Å². The first kappa shape index (κ1) is 42.1. The zero-order valence-corrected chi connectivity index (χ0v) is 37.0. The molecular formula is C59H56N4. The Hall–Kier alpha value is -7.56. The number of allylic oxidation sites excluding steroid dienone is 6. The SMILES string of the molecule is C=C/C=C\C(=C/C)N(c1ccc(N(c2ccc(N(c3ccccc3)c3cccc(C)c3)cc2)c2ccc(N(c3cccc(C)c3)[C@H]3C=CC=CC3C)cc2)cc1)c1cccc(C)c1. The van der Waals surface area contributed by atoms with Crippen molar-refractivity contribution in [2.75, 3.05) is 19.6 Å². The third-order valence-corrected chi connectivity index (χ3v) is 11.6. The van der Waals surface area contributed by atoms with Gasteiger partial charge in [0.05, 0.1) is 6.04 Å². The highest BCUT2D eigenvalue weighted by Crippen LogP contribution is 2.42. The molecule has 0 saturated heterocycles. The second-order valence-electron chi connectivity index (χ2n) is 16.2. The number of nitrogens with zero attached hydrogens (tertiary/aromatic N) is 4. The second-order valence-corrected chi connectivity index (χ2v) is 16.2. The summed E-state index contributed by atoms with van der Waals surface area (Å²) in [6.45, 7) is 14.8. The minimum Gasteiger partial charge on any atom is -0.334 e. The van der Waals surface area contributed by atoms with Crippen LogP contribution >= 0.6 is 0 Å². The fraction of sp³-hybridized carbons (Fsp3) is 0.119. The van der Waals surface area contributed by atoms with Crippen LogP contribution < -0.4 is 19.6 Å². The van der Waals surface area contributed by atoms with Crippen molar-refractivity contribution in [2.24, 2.45) is 5.92 Å². The van der Waals surface area contributed by atoms with Crippen LogP contribution in [-0.4, -0.2) is 6.04 Å². The first-order valence-corrected chi connectivity index (χ1v) is 21.9. The number of para-hydroxylation sites is 1. The van der Waals surface area contributed by atoms with Gasteiger partial charge in [-0.25, -0.2) is 0 Å². The van der Waals surface area contributed by atoms with Gasteiger partial charge in [-0.3, -0.25) is 0 Å². The summed E-state index contributed by atoms with van der Waals surface area (Å²) in [5, 5.41) is 0. The maximum absolute atomic E-state index is 3.94. The van der Waals surface area contributed by atoms with Gasteiger partial charge < -0.3 is 19.6 Å². The number of aryl methyl sites for hydroxylation is 3. The minimum absolute atomic E-state index is 0.180. The monoisotopic (exact) mass is 820 g/mol. The molecule has 312 valence electrons. The molecule has 7 aromatic carbocycles. The van der Waals surface area contributed by atoms with Gasteiger partial charge in [-0.1, -0.05) is 111 Å². The van der Waals surface area contributed by atoms with Crippen molar-refractivity contribution in [1.82, 2.24) is 0 Å². The van der Waals surface area contributed by atoms with Crippen LogP contribution in [0.2, 0.25) is 0 Å². The third kappa shape index (κ3) is 9.51. The van der Waals surface area contributed by atoms with Crippen LogP contribution in [0.3, 0.4) is 0 Å². The van der Waals surface area contributed by atoms with Crippen molar-refractivity contribution >= 4 is 56.9 Å². The van der Waals surface area contributed by atoms with E-state index in [1.807, 2.05) is 12.2 Å². The molecule has 0 bridgehead atoms. The summed E-state index contributed by atoms with van der Waals surface area (Å²) in [6, 6.07) is 63.8. The molecule has 0 aromatic heterocycles. The Balaban J connectivity index is 1.23. The molecule has 4 heteroatoms. The summed E-state index contributed by atoms with van der Waals surface area (Å²) in [5.74, 6) is 0.341. The number of hydrogen-bond acceptors (Lipinski definition) is 4. The van der Waals surface area contributed by atoms with Crippen molar-refractivity contribution in [3.63, 3.8) is 0 Å². The van der Waals surface area contributed by atoms with E-state index in [0.717, 1.165) is 56.9 Å². The van der Waals surface area contributed by atoms with E-state index in [-0.39, 0.29) is 6.04 Å². The maximum Gasteiger partial charge on any atom is 0.0585 e. The summed E-state index contributed by atoms with van der Waals surface area (Å²) in [4.78, 5) is 9.44. The number of benzene rings is 7. The Kier molecular flexibility index (Phi) is 13.0. The molecule has 7 aromatic rings. The Labute approximate surface area is 375 Å². The summed E-state index contributed by atoms with van der Waals surface area (Å²) >= 11 is 0. The zero-order valence-electron chi connectivity index (χ0n) is 37.0. The van der Waals surface area contributed by atoms with Gasteiger partial charge >= 0.3 is 0 Å². The van der Waals surface area contributed by atoms with Crippen LogP contribution in [0.4, 0.5) is 56.9 Å². The first-order chi connectivity index (χ1) is 30.8. The van der Waals surface area contributed by atoms with E-state index in [1.165, 1.54) is 22.4 Å².